The molecule has 4 N–H and O–H groups in total. The minimum atomic E-state index is -1.73. The molecule has 0 amide bonds. The van der Waals surface area contributed by atoms with E-state index in [9.17, 15) is 24.6 Å². The summed E-state index contributed by atoms with van der Waals surface area (Å²) in [6.07, 6.45) is 6.91. The van der Waals surface area contributed by atoms with Crippen molar-refractivity contribution in [3.05, 3.63) is 23.8 Å². The van der Waals surface area contributed by atoms with Gasteiger partial charge in [0, 0.05) is 23.3 Å². The van der Waals surface area contributed by atoms with Gasteiger partial charge in [-0.2, -0.15) is 0 Å². The van der Waals surface area contributed by atoms with Crippen molar-refractivity contribution in [2.75, 3.05) is 13.2 Å². The van der Waals surface area contributed by atoms with Crippen LogP contribution in [0.1, 0.15) is 46.5 Å². The monoisotopic (exact) mass is 479 g/mol. The maximum atomic E-state index is 13.3. The van der Waals surface area contributed by atoms with Crippen molar-refractivity contribution in [2.24, 2.45) is 40.2 Å². The molecule has 0 aromatic rings. The molecule has 4 aliphatic rings. The summed E-state index contributed by atoms with van der Waals surface area (Å²) in [5.74, 6) is -1.72. The number of esters is 1. The first-order valence-corrected chi connectivity index (χ1v) is 12.2. The van der Waals surface area contributed by atoms with E-state index < -0.39 is 46.3 Å². The summed E-state index contributed by atoms with van der Waals surface area (Å²) >= 11 is 5.80. The fraction of sp³-hybridized carbons (Fsp3) is 0.720. The summed E-state index contributed by atoms with van der Waals surface area (Å²) in [7, 11) is 0. The van der Waals surface area contributed by atoms with Crippen LogP contribution in [0.25, 0.3) is 0 Å². The second-order valence-corrected chi connectivity index (χ2v) is 11.4. The number of rotatable bonds is 5. The highest BCUT2D eigenvalue weighted by atomic mass is 35.5. The molecule has 4 rings (SSSR count). The number of carbonyl (C=O) groups excluding carboxylic acids is 3. The number of fused-ring (bicyclic) bond motifs is 5. The Kier molecular flexibility index (Phi) is 6.18. The molecule has 0 radical (unpaired) electrons. The van der Waals surface area contributed by atoms with Crippen molar-refractivity contribution < 1.29 is 29.3 Å². The van der Waals surface area contributed by atoms with Crippen LogP contribution in [0.3, 0.4) is 0 Å². The van der Waals surface area contributed by atoms with Gasteiger partial charge in [-0.3, -0.25) is 14.4 Å². The van der Waals surface area contributed by atoms with Crippen molar-refractivity contribution in [1.82, 2.24) is 0 Å². The molecule has 3 fully saturated rings. The second-order valence-electron chi connectivity index (χ2n) is 10.8. The molecule has 8 heteroatoms. The lowest BCUT2D eigenvalue weighted by Crippen LogP contribution is -2.62. The molecule has 7 nitrogen and oxygen atoms in total. The van der Waals surface area contributed by atoms with E-state index in [2.05, 4.69) is 6.92 Å². The highest BCUT2D eigenvalue weighted by Crippen LogP contribution is 2.68. The zero-order valence-corrected chi connectivity index (χ0v) is 20.2. The molecule has 33 heavy (non-hydrogen) atoms. The fourth-order valence-corrected chi connectivity index (χ4v) is 7.75. The number of allylic oxidation sites excluding steroid dienone is 4. The van der Waals surface area contributed by atoms with E-state index in [-0.39, 0.29) is 42.4 Å². The number of aliphatic hydroxyl groups is 2. The number of ketones is 2. The average molecular weight is 480 g/mol. The normalized spacial score (nSPS) is 44.9. The largest absolute Gasteiger partial charge is 0.456 e. The van der Waals surface area contributed by atoms with Crippen LogP contribution in [-0.4, -0.2) is 58.0 Å². The molecular weight excluding hydrogens is 446 g/mol. The molecule has 0 heterocycles. The van der Waals surface area contributed by atoms with E-state index in [4.69, 9.17) is 22.1 Å². The summed E-state index contributed by atoms with van der Waals surface area (Å²) in [5.41, 5.74) is 3.42. The van der Waals surface area contributed by atoms with E-state index in [1.165, 1.54) is 0 Å². The molecule has 0 spiro atoms. The molecule has 4 aliphatic carbocycles. The third kappa shape index (κ3) is 3.46. The van der Waals surface area contributed by atoms with Gasteiger partial charge in [0.05, 0.1) is 6.10 Å². The number of hydrogen-bond acceptors (Lipinski definition) is 7. The van der Waals surface area contributed by atoms with Gasteiger partial charge in [-0.05, 0) is 55.6 Å². The zero-order chi connectivity index (χ0) is 24.3. The van der Waals surface area contributed by atoms with Crippen LogP contribution in [-0.2, 0) is 19.1 Å². The van der Waals surface area contributed by atoms with Crippen LogP contribution in [0.15, 0.2) is 23.8 Å². The summed E-state index contributed by atoms with van der Waals surface area (Å²) in [5, 5.41) is 22.2. The van der Waals surface area contributed by atoms with Crippen LogP contribution >= 0.6 is 11.6 Å². The van der Waals surface area contributed by atoms with Gasteiger partial charge in [-0.15, -0.1) is 11.6 Å². The highest BCUT2D eigenvalue weighted by molar-refractivity contribution is 6.30. The van der Waals surface area contributed by atoms with Gasteiger partial charge in [0.15, 0.2) is 12.4 Å². The van der Waals surface area contributed by atoms with Gasteiger partial charge in [0.25, 0.3) is 0 Å². The summed E-state index contributed by atoms with van der Waals surface area (Å²) < 4.78 is 5.07. The Balaban J connectivity index is 1.63. The maximum Gasteiger partial charge on any atom is 0.325 e. The molecule has 0 aliphatic heterocycles. The summed E-state index contributed by atoms with van der Waals surface area (Å²) in [6.45, 7) is 5.13. The third-order valence-electron chi connectivity index (χ3n) is 9.31. The Labute approximate surface area is 199 Å². The molecule has 182 valence electrons. The minimum Gasteiger partial charge on any atom is -0.456 e. The molecule has 4 unspecified atom stereocenters. The van der Waals surface area contributed by atoms with Crippen molar-refractivity contribution in [3.63, 3.8) is 0 Å². The van der Waals surface area contributed by atoms with Gasteiger partial charge in [-0.1, -0.05) is 32.4 Å². The van der Waals surface area contributed by atoms with Crippen molar-refractivity contribution >= 4 is 29.1 Å². The molecular formula is C25H34ClNO6. The Morgan fingerprint density at radius 3 is 2.73 bits per heavy atom. The first kappa shape index (κ1) is 24.6. The van der Waals surface area contributed by atoms with Crippen molar-refractivity contribution in [2.45, 2.75) is 63.5 Å². The van der Waals surface area contributed by atoms with Crippen LogP contribution in [0.4, 0.5) is 0 Å². The van der Waals surface area contributed by atoms with E-state index in [1.54, 1.807) is 12.2 Å². The molecule has 0 bridgehead atoms. The Morgan fingerprint density at radius 2 is 2.06 bits per heavy atom. The van der Waals surface area contributed by atoms with Gasteiger partial charge in [-0.25, -0.2) is 0 Å². The van der Waals surface area contributed by atoms with Crippen molar-refractivity contribution in [3.8, 4) is 0 Å². The number of halogens is 1. The molecule has 0 aromatic carbocycles. The molecule has 9 atom stereocenters. The lowest BCUT2D eigenvalue weighted by Gasteiger charge is -2.59. The predicted octanol–water partition coefficient (Wildman–Crippen LogP) is 1.92. The first-order chi connectivity index (χ1) is 15.4. The number of aliphatic hydroxyl groups excluding tert-OH is 1. The van der Waals surface area contributed by atoms with Gasteiger partial charge < -0.3 is 20.7 Å². The number of hydrogen-bond donors (Lipinski definition) is 3. The van der Waals surface area contributed by atoms with Crippen LogP contribution < -0.4 is 5.73 Å². The molecule has 0 aromatic heterocycles. The Hall–Kier alpha value is -1.54. The van der Waals surface area contributed by atoms with Crippen LogP contribution in [0.2, 0.25) is 0 Å². The topological polar surface area (TPSA) is 127 Å². The SMILES string of the molecule is C[C@H]1CC2C3CCC4=CC(=O)C=C[C@]4(C)C3[C@@H](O)C[C@]2(C)[C@@]1(O)C(=O)COC(=O)C(Cl)CN. The Morgan fingerprint density at radius 1 is 1.36 bits per heavy atom. The average Bonchev–Trinajstić information content (AvgIpc) is 2.98. The lowest BCUT2D eigenvalue weighted by molar-refractivity contribution is -0.186. The standard InChI is InChI=1S/C25H34ClNO6/c1-13-8-17-16-5-4-14-9-15(28)6-7-23(14,2)21(16)19(29)10-24(17,3)25(13,32)20(30)12-33-22(31)18(26)11-27/h6-7,9,13,16-19,21,29,32H,4-5,8,10-12,27H2,1-3H3/t13-,16?,17?,18?,19-,21?,23-,24-,25-/m0/s1. The summed E-state index contributed by atoms with van der Waals surface area (Å²) in [6, 6.07) is 0. The number of alkyl halides is 1. The Bertz CT molecular complexity index is 932. The van der Waals surface area contributed by atoms with Crippen LogP contribution in [0.5, 0.6) is 0 Å². The molecule has 0 saturated heterocycles. The van der Waals surface area contributed by atoms with E-state index in [1.807, 2.05) is 19.9 Å². The highest BCUT2D eigenvalue weighted by Gasteiger charge is 2.70. The number of Topliss-reactive ketones (excluding diaryl/α,β-unsaturated/α-hetero) is 1. The lowest BCUT2D eigenvalue weighted by atomic mass is 9.46. The van der Waals surface area contributed by atoms with E-state index in [0.717, 1.165) is 18.4 Å². The first-order valence-electron chi connectivity index (χ1n) is 11.8. The van der Waals surface area contributed by atoms with Gasteiger partial charge in [0.2, 0.25) is 5.78 Å². The number of nitrogens with two attached hydrogens (primary N) is 1. The summed E-state index contributed by atoms with van der Waals surface area (Å²) in [4.78, 5) is 37.2. The van der Waals surface area contributed by atoms with Gasteiger partial charge in [0.1, 0.15) is 11.0 Å². The minimum absolute atomic E-state index is 0.0137. The number of ether oxygens (including phenoxy) is 1. The third-order valence-corrected chi connectivity index (χ3v) is 9.67. The zero-order valence-electron chi connectivity index (χ0n) is 19.4. The second kappa shape index (κ2) is 8.29. The van der Waals surface area contributed by atoms with Crippen molar-refractivity contribution in [1.29, 1.82) is 0 Å². The van der Waals surface area contributed by atoms with Gasteiger partial charge >= 0.3 is 5.97 Å². The quantitative estimate of drug-likeness (QED) is 0.406. The number of carbonyl (C=O) groups is 3. The molecule has 3 saturated carbocycles. The van der Waals surface area contributed by atoms with E-state index in [0.29, 0.717) is 6.42 Å². The maximum absolute atomic E-state index is 13.3. The van der Waals surface area contributed by atoms with E-state index >= 15 is 0 Å². The predicted molar refractivity (Wildman–Crippen MR) is 122 cm³/mol. The van der Waals surface area contributed by atoms with Crippen LogP contribution in [0, 0.1) is 34.5 Å². The fourth-order valence-electron chi connectivity index (χ4n) is 7.69. The smallest absolute Gasteiger partial charge is 0.325 e.